The highest BCUT2D eigenvalue weighted by atomic mass is 35.5. The molecule has 164 valence electrons. The third-order valence-electron chi connectivity index (χ3n) is 5.15. The van der Waals surface area contributed by atoms with Gasteiger partial charge in [-0.05, 0) is 56.9 Å². The van der Waals surface area contributed by atoms with Crippen molar-refractivity contribution < 1.29 is 19.4 Å². The lowest BCUT2D eigenvalue weighted by Gasteiger charge is -2.26. The molecular weight excluding hydrogens is 439 g/mol. The average Bonchev–Trinajstić information content (AvgIpc) is 3.00. The molecule has 6 nitrogen and oxygen atoms in total. The highest BCUT2D eigenvalue weighted by Crippen LogP contribution is 2.41. The lowest BCUT2D eigenvalue weighted by molar-refractivity contribution is -0.139. The van der Waals surface area contributed by atoms with Crippen molar-refractivity contribution in [1.29, 1.82) is 0 Å². The predicted octanol–water partition coefficient (Wildman–Crippen LogP) is 4.38. The van der Waals surface area contributed by atoms with E-state index in [4.69, 9.17) is 27.9 Å². The summed E-state index contributed by atoms with van der Waals surface area (Å²) in [4.78, 5) is 29.4. The molecule has 31 heavy (non-hydrogen) atoms. The number of methoxy groups -OCH3 is 1. The lowest BCUT2D eigenvalue weighted by Crippen LogP contribution is -2.32. The summed E-state index contributed by atoms with van der Waals surface area (Å²) in [6, 6.07) is 10.9. The maximum absolute atomic E-state index is 13.0. The van der Waals surface area contributed by atoms with E-state index in [1.807, 2.05) is 19.0 Å². The molecule has 1 heterocycles. The Bertz CT molecular complexity index is 1040. The molecular formula is C23H24Cl2N2O4. The van der Waals surface area contributed by atoms with E-state index in [9.17, 15) is 14.7 Å². The second-order valence-electron chi connectivity index (χ2n) is 7.55. The number of hydrogen-bond acceptors (Lipinski definition) is 5. The fraction of sp³-hybridized carbons (Fsp3) is 0.304. The average molecular weight is 463 g/mol. The maximum Gasteiger partial charge on any atom is 0.295 e. The molecule has 1 saturated heterocycles. The minimum atomic E-state index is -0.775. The Morgan fingerprint density at radius 2 is 1.87 bits per heavy atom. The minimum absolute atomic E-state index is 0.0153. The van der Waals surface area contributed by atoms with E-state index in [1.54, 1.807) is 42.5 Å². The number of aliphatic hydroxyl groups excluding tert-OH is 1. The number of aliphatic hydroxyl groups is 1. The second kappa shape index (κ2) is 9.73. The van der Waals surface area contributed by atoms with Crippen LogP contribution in [0.25, 0.3) is 5.76 Å². The summed E-state index contributed by atoms with van der Waals surface area (Å²) < 4.78 is 5.22. The van der Waals surface area contributed by atoms with Crippen LogP contribution in [0.2, 0.25) is 10.0 Å². The Hall–Kier alpha value is -2.54. The zero-order valence-electron chi connectivity index (χ0n) is 17.6. The van der Waals surface area contributed by atoms with Crippen LogP contribution >= 0.6 is 23.2 Å². The standard InChI is InChI=1S/C23H24Cl2N2O4/c1-26(2)10-5-11-27-20(14-8-9-17(24)18(25)13-14)19(22(29)23(27)30)21(28)15-6-4-7-16(12-15)31-3/h4,6-9,12-13,20,28H,5,10-11H2,1-3H3/b21-19+. The molecule has 3 rings (SSSR count). The number of ether oxygens (including phenoxy) is 1. The number of Topliss-reactive ketones (excluding diaryl/α,β-unsaturated/α-hetero) is 1. The fourth-order valence-electron chi connectivity index (χ4n) is 3.62. The van der Waals surface area contributed by atoms with Crippen molar-refractivity contribution in [2.24, 2.45) is 0 Å². The van der Waals surface area contributed by atoms with Gasteiger partial charge in [0.2, 0.25) is 0 Å². The molecule has 2 aromatic rings. The van der Waals surface area contributed by atoms with E-state index in [1.165, 1.54) is 12.0 Å². The Kier molecular flexibility index (Phi) is 7.26. The molecule has 2 aromatic carbocycles. The number of hydrogen-bond donors (Lipinski definition) is 1. The highest BCUT2D eigenvalue weighted by Gasteiger charge is 2.45. The summed E-state index contributed by atoms with van der Waals surface area (Å²) in [6.45, 7) is 1.09. The Morgan fingerprint density at radius 3 is 2.52 bits per heavy atom. The summed E-state index contributed by atoms with van der Waals surface area (Å²) in [7, 11) is 5.39. The smallest absolute Gasteiger partial charge is 0.295 e. The Morgan fingerprint density at radius 1 is 1.13 bits per heavy atom. The van der Waals surface area contributed by atoms with Crippen molar-refractivity contribution in [1.82, 2.24) is 9.80 Å². The van der Waals surface area contributed by atoms with Crippen LogP contribution in [-0.2, 0) is 9.59 Å². The summed E-state index contributed by atoms with van der Waals surface area (Å²) in [5.74, 6) is -1.13. The molecule has 0 aliphatic carbocycles. The number of benzene rings is 2. The van der Waals surface area contributed by atoms with Gasteiger partial charge in [0.05, 0.1) is 28.8 Å². The van der Waals surface area contributed by atoms with Crippen LogP contribution in [0.5, 0.6) is 5.75 Å². The molecule has 8 heteroatoms. The number of nitrogens with zero attached hydrogens (tertiary/aromatic N) is 2. The second-order valence-corrected chi connectivity index (χ2v) is 8.37. The molecule has 0 saturated carbocycles. The molecule has 1 amide bonds. The summed E-state index contributed by atoms with van der Waals surface area (Å²) in [5, 5.41) is 11.7. The van der Waals surface area contributed by atoms with E-state index in [0.29, 0.717) is 39.9 Å². The van der Waals surface area contributed by atoms with Gasteiger partial charge in [-0.3, -0.25) is 9.59 Å². The van der Waals surface area contributed by atoms with Crippen molar-refractivity contribution in [3.63, 3.8) is 0 Å². The molecule has 1 aliphatic rings. The molecule has 0 radical (unpaired) electrons. The molecule has 1 aliphatic heterocycles. The van der Waals surface area contributed by atoms with Crippen molar-refractivity contribution in [3.8, 4) is 5.75 Å². The van der Waals surface area contributed by atoms with Crippen LogP contribution in [0.4, 0.5) is 0 Å². The Balaban J connectivity index is 2.13. The van der Waals surface area contributed by atoms with Gasteiger partial charge in [0, 0.05) is 12.1 Å². The summed E-state index contributed by atoms with van der Waals surface area (Å²) in [5.41, 5.74) is 1.00. The van der Waals surface area contributed by atoms with Crippen LogP contribution in [-0.4, -0.2) is 60.9 Å². The maximum atomic E-state index is 13.0. The Labute approximate surface area is 191 Å². The van der Waals surface area contributed by atoms with E-state index >= 15 is 0 Å². The van der Waals surface area contributed by atoms with Crippen LogP contribution < -0.4 is 4.74 Å². The van der Waals surface area contributed by atoms with Gasteiger partial charge in [0.15, 0.2) is 0 Å². The van der Waals surface area contributed by atoms with Gasteiger partial charge < -0.3 is 19.6 Å². The van der Waals surface area contributed by atoms with Crippen molar-refractivity contribution in [2.45, 2.75) is 12.5 Å². The van der Waals surface area contributed by atoms with Crippen LogP contribution in [0.3, 0.4) is 0 Å². The number of halogens is 2. The largest absolute Gasteiger partial charge is 0.507 e. The zero-order chi connectivity index (χ0) is 22.7. The monoisotopic (exact) mass is 462 g/mol. The van der Waals surface area contributed by atoms with Gasteiger partial charge in [0.25, 0.3) is 11.7 Å². The van der Waals surface area contributed by atoms with E-state index in [2.05, 4.69) is 0 Å². The summed E-state index contributed by atoms with van der Waals surface area (Å²) in [6.07, 6.45) is 0.664. The van der Waals surface area contributed by atoms with Crippen LogP contribution in [0, 0.1) is 0 Å². The third-order valence-corrected chi connectivity index (χ3v) is 5.89. The molecule has 0 spiro atoms. The SMILES string of the molecule is COc1cccc(/C(O)=C2\C(=O)C(=O)N(CCCN(C)C)C2c2ccc(Cl)c(Cl)c2)c1. The van der Waals surface area contributed by atoms with Crippen molar-refractivity contribution in [2.75, 3.05) is 34.3 Å². The van der Waals surface area contributed by atoms with E-state index in [0.717, 1.165) is 6.54 Å². The zero-order valence-corrected chi connectivity index (χ0v) is 19.1. The molecule has 0 bridgehead atoms. The fourth-order valence-corrected chi connectivity index (χ4v) is 3.93. The number of carbonyl (C=O) groups excluding carboxylic acids is 2. The predicted molar refractivity (Wildman–Crippen MR) is 122 cm³/mol. The number of ketones is 1. The van der Waals surface area contributed by atoms with Gasteiger partial charge in [-0.25, -0.2) is 0 Å². The van der Waals surface area contributed by atoms with Crippen LogP contribution in [0.15, 0.2) is 48.0 Å². The highest BCUT2D eigenvalue weighted by molar-refractivity contribution is 6.46. The van der Waals surface area contributed by atoms with E-state index < -0.39 is 17.7 Å². The number of rotatable bonds is 7. The first kappa shape index (κ1) is 23.1. The first-order valence-corrected chi connectivity index (χ1v) is 10.5. The number of carbonyl (C=O) groups is 2. The lowest BCUT2D eigenvalue weighted by atomic mass is 9.95. The molecule has 1 fully saturated rings. The topological polar surface area (TPSA) is 70.1 Å². The quantitative estimate of drug-likeness (QED) is 0.375. The number of amides is 1. The normalized spacial score (nSPS) is 18.1. The molecule has 1 atom stereocenters. The van der Waals surface area contributed by atoms with Gasteiger partial charge in [-0.1, -0.05) is 41.4 Å². The van der Waals surface area contributed by atoms with Gasteiger partial charge in [-0.2, -0.15) is 0 Å². The molecule has 1 unspecified atom stereocenters. The first-order valence-electron chi connectivity index (χ1n) is 9.77. The third kappa shape index (κ3) is 4.87. The van der Waals surface area contributed by atoms with Gasteiger partial charge >= 0.3 is 0 Å². The summed E-state index contributed by atoms with van der Waals surface area (Å²) >= 11 is 12.3. The molecule has 0 aromatic heterocycles. The molecule has 1 N–H and O–H groups in total. The van der Waals surface area contributed by atoms with Gasteiger partial charge in [0.1, 0.15) is 11.5 Å². The van der Waals surface area contributed by atoms with Crippen LogP contribution in [0.1, 0.15) is 23.6 Å². The van der Waals surface area contributed by atoms with Crippen molar-refractivity contribution in [3.05, 3.63) is 69.2 Å². The van der Waals surface area contributed by atoms with Crippen molar-refractivity contribution >= 4 is 40.7 Å². The number of likely N-dealkylation sites (tertiary alicyclic amines) is 1. The van der Waals surface area contributed by atoms with Gasteiger partial charge in [-0.15, -0.1) is 0 Å². The minimum Gasteiger partial charge on any atom is -0.507 e. The van der Waals surface area contributed by atoms with E-state index in [-0.39, 0.29) is 11.3 Å². The first-order chi connectivity index (χ1) is 14.7.